The van der Waals surface area contributed by atoms with Gasteiger partial charge in [-0.1, -0.05) is 6.08 Å². The number of carbonyl (C=O) groups is 1. The molecule has 2 aromatic carbocycles. The minimum absolute atomic E-state index is 0.00799. The summed E-state index contributed by atoms with van der Waals surface area (Å²) >= 11 is 3.40. The lowest BCUT2D eigenvalue weighted by Gasteiger charge is -2.18. The molecular formula is C19H17BrO5. The maximum Gasteiger partial charge on any atom is 0.347 e. The van der Waals surface area contributed by atoms with Gasteiger partial charge in [-0.2, -0.15) is 0 Å². The summed E-state index contributed by atoms with van der Waals surface area (Å²) in [4.78, 5) is 12.6. The van der Waals surface area contributed by atoms with E-state index in [0.717, 1.165) is 5.57 Å². The van der Waals surface area contributed by atoms with Crippen molar-refractivity contribution < 1.29 is 24.5 Å². The van der Waals surface area contributed by atoms with E-state index in [1.807, 2.05) is 19.9 Å². The number of rotatable bonds is 1. The van der Waals surface area contributed by atoms with Crippen molar-refractivity contribution in [2.45, 2.75) is 27.7 Å². The second-order valence-corrected chi connectivity index (χ2v) is 6.71. The molecule has 0 atom stereocenters. The van der Waals surface area contributed by atoms with Gasteiger partial charge in [0.05, 0.1) is 4.47 Å². The highest BCUT2D eigenvalue weighted by atomic mass is 79.9. The zero-order valence-electron chi connectivity index (χ0n) is 14.2. The first-order chi connectivity index (χ1) is 11.8. The van der Waals surface area contributed by atoms with Crippen LogP contribution in [-0.4, -0.2) is 16.2 Å². The minimum Gasteiger partial charge on any atom is -0.508 e. The summed E-state index contributed by atoms with van der Waals surface area (Å²) in [5.41, 5.74) is 2.58. The molecule has 1 aliphatic heterocycles. The molecule has 0 saturated heterocycles. The molecule has 0 amide bonds. The van der Waals surface area contributed by atoms with E-state index in [-0.39, 0.29) is 28.6 Å². The van der Waals surface area contributed by atoms with Crippen molar-refractivity contribution in [1.29, 1.82) is 0 Å². The predicted molar refractivity (Wildman–Crippen MR) is 97.7 cm³/mol. The molecular weight excluding hydrogens is 388 g/mol. The fraction of sp³-hybridized carbons (Fsp3) is 0.211. The molecule has 0 saturated carbocycles. The van der Waals surface area contributed by atoms with Gasteiger partial charge in [-0.15, -0.1) is 0 Å². The van der Waals surface area contributed by atoms with Gasteiger partial charge in [0.15, 0.2) is 11.5 Å². The number of halogens is 1. The van der Waals surface area contributed by atoms with Gasteiger partial charge in [-0.25, -0.2) is 4.79 Å². The van der Waals surface area contributed by atoms with Crippen LogP contribution in [0.4, 0.5) is 0 Å². The van der Waals surface area contributed by atoms with Crippen LogP contribution in [0.15, 0.2) is 22.7 Å². The number of phenols is 2. The van der Waals surface area contributed by atoms with Gasteiger partial charge in [0, 0.05) is 17.2 Å². The largest absolute Gasteiger partial charge is 0.508 e. The van der Waals surface area contributed by atoms with Crippen LogP contribution in [0.25, 0.3) is 5.57 Å². The van der Waals surface area contributed by atoms with Gasteiger partial charge >= 0.3 is 5.97 Å². The Balaban J connectivity index is 2.39. The van der Waals surface area contributed by atoms with E-state index >= 15 is 0 Å². The Morgan fingerprint density at radius 1 is 1.16 bits per heavy atom. The fourth-order valence-corrected chi connectivity index (χ4v) is 3.61. The second kappa shape index (κ2) is 6.11. The SMILES string of the molecule is C/C=C(\C)c1c(Br)c(O)c(C)c2c1Oc1cc(O)cc(C)c1C(=O)O2. The predicted octanol–water partition coefficient (Wildman–Crippen LogP) is 5.23. The highest BCUT2D eigenvalue weighted by Gasteiger charge is 2.32. The molecule has 2 N–H and O–H groups in total. The van der Waals surface area contributed by atoms with Crippen molar-refractivity contribution in [3.05, 3.63) is 44.9 Å². The first-order valence-electron chi connectivity index (χ1n) is 7.68. The second-order valence-electron chi connectivity index (χ2n) is 5.92. The third-order valence-corrected chi connectivity index (χ3v) is 5.05. The lowest BCUT2D eigenvalue weighted by Crippen LogP contribution is -2.10. The van der Waals surface area contributed by atoms with Gasteiger partial charge in [0.1, 0.15) is 22.8 Å². The number of aryl methyl sites for hydroxylation is 1. The number of aromatic hydroxyl groups is 2. The van der Waals surface area contributed by atoms with Gasteiger partial charge in [-0.3, -0.25) is 0 Å². The molecule has 6 heteroatoms. The lowest BCUT2D eigenvalue weighted by atomic mass is 10.0. The number of fused-ring (bicyclic) bond motifs is 2. The van der Waals surface area contributed by atoms with E-state index in [1.165, 1.54) is 12.1 Å². The maximum atomic E-state index is 12.6. The van der Waals surface area contributed by atoms with Crippen molar-refractivity contribution >= 4 is 27.5 Å². The van der Waals surface area contributed by atoms with E-state index in [1.54, 1.807) is 13.8 Å². The minimum atomic E-state index is -0.597. The molecule has 0 radical (unpaired) electrons. The summed E-state index contributed by atoms with van der Waals surface area (Å²) in [6.07, 6.45) is 1.86. The van der Waals surface area contributed by atoms with Crippen LogP contribution in [-0.2, 0) is 0 Å². The van der Waals surface area contributed by atoms with E-state index in [4.69, 9.17) is 9.47 Å². The fourth-order valence-electron chi connectivity index (χ4n) is 2.82. The summed E-state index contributed by atoms with van der Waals surface area (Å²) in [6.45, 7) is 7.06. The normalized spacial score (nSPS) is 13.5. The number of esters is 1. The number of ether oxygens (including phenoxy) is 2. The third-order valence-electron chi connectivity index (χ3n) is 4.28. The quantitative estimate of drug-likeness (QED) is 0.502. The molecule has 0 aromatic heterocycles. The number of hydrogen-bond donors (Lipinski definition) is 2. The average molecular weight is 405 g/mol. The lowest BCUT2D eigenvalue weighted by molar-refractivity contribution is 0.0735. The Morgan fingerprint density at radius 2 is 1.84 bits per heavy atom. The molecule has 5 nitrogen and oxygen atoms in total. The van der Waals surface area contributed by atoms with Gasteiger partial charge in [0.2, 0.25) is 0 Å². The van der Waals surface area contributed by atoms with Crippen LogP contribution in [0.2, 0.25) is 0 Å². The molecule has 0 fully saturated rings. The Hall–Kier alpha value is -2.47. The average Bonchev–Trinajstić information content (AvgIpc) is 2.69. The molecule has 0 unspecified atom stereocenters. The summed E-state index contributed by atoms with van der Waals surface area (Å²) in [6, 6.07) is 2.85. The van der Waals surface area contributed by atoms with E-state index < -0.39 is 5.97 Å². The molecule has 1 heterocycles. The van der Waals surface area contributed by atoms with E-state index in [9.17, 15) is 15.0 Å². The standard InChI is InChI=1S/C19H17BrO5/c1-5-8(2)14-15(20)16(22)10(4)17-18(14)24-12-7-11(21)6-9(3)13(12)19(23)25-17/h5-7,21-22H,1-4H3/b8-5+. The Labute approximate surface area is 153 Å². The van der Waals surface area contributed by atoms with Crippen molar-refractivity contribution in [2.24, 2.45) is 0 Å². The number of carbonyl (C=O) groups excluding carboxylic acids is 1. The summed E-state index contributed by atoms with van der Waals surface area (Å²) < 4.78 is 12.0. The van der Waals surface area contributed by atoms with Crippen molar-refractivity contribution in [3.8, 4) is 28.7 Å². The first-order valence-corrected chi connectivity index (χ1v) is 8.47. The van der Waals surface area contributed by atoms with E-state index in [2.05, 4.69) is 15.9 Å². The topological polar surface area (TPSA) is 76.0 Å². The van der Waals surface area contributed by atoms with Crippen molar-refractivity contribution in [2.75, 3.05) is 0 Å². The van der Waals surface area contributed by atoms with E-state index in [0.29, 0.717) is 26.9 Å². The van der Waals surface area contributed by atoms with Crippen LogP contribution in [0.5, 0.6) is 28.7 Å². The molecule has 0 aliphatic carbocycles. The number of hydrogen-bond acceptors (Lipinski definition) is 5. The van der Waals surface area contributed by atoms with Crippen LogP contribution in [0.1, 0.15) is 40.9 Å². The molecule has 0 bridgehead atoms. The van der Waals surface area contributed by atoms with Crippen molar-refractivity contribution in [3.63, 3.8) is 0 Å². The third kappa shape index (κ3) is 2.66. The monoisotopic (exact) mass is 404 g/mol. The smallest absolute Gasteiger partial charge is 0.347 e. The number of allylic oxidation sites excluding steroid dienone is 2. The van der Waals surface area contributed by atoms with Crippen LogP contribution in [0.3, 0.4) is 0 Å². The Bertz CT molecular complexity index is 944. The summed E-state index contributed by atoms with van der Waals surface area (Å²) in [5.74, 6) is 0.0682. The van der Waals surface area contributed by atoms with Crippen molar-refractivity contribution in [1.82, 2.24) is 0 Å². The maximum absolute atomic E-state index is 12.6. The van der Waals surface area contributed by atoms with Gasteiger partial charge in [-0.05, 0) is 60.8 Å². The van der Waals surface area contributed by atoms with Crippen LogP contribution >= 0.6 is 15.9 Å². The Kier molecular flexibility index (Phi) is 4.24. The zero-order valence-corrected chi connectivity index (χ0v) is 15.8. The molecule has 25 heavy (non-hydrogen) atoms. The molecule has 1 aliphatic rings. The number of benzene rings is 2. The Morgan fingerprint density at radius 3 is 2.48 bits per heavy atom. The number of phenolic OH excluding ortho intramolecular Hbond substituents is 2. The van der Waals surface area contributed by atoms with Gasteiger partial charge < -0.3 is 19.7 Å². The first kappa shape index (κ1) is 17.4. The highest BCUT2D eigenvalue weighted by Crippen LogP contribution is 2.52. The van der Waals surface area contributed by atoms with Crippen LogP contribution in [0, 0.1) is 13.8 Å². The molecule has 3 rings (SSSR count). The molecule has 0 spiro atoms. The molecule has 130 valence electrons. The highest BCUT2D eigenvalue weighted by molar-refractivity contribution is 9.10. The molecule has 2 aromatic rings. The zero-order chi connectivity index (χ0) is 18.5. The van der Waals surface area contributed by atoms with Gasteiger partial charge in [0.25, 0.3) is 0 Å². The summed E-state index contributed by atoms with van der Waals surface area (Å²) in [7, 11) is 0. The summed E-state index contributed by atoms with van der Waals surface area (Å²) in [5, 5.41) is 20.3. The van der Waals surface area contributed by atoms with Crippen LogP contribution < -0.4 is 9.47 Å².